The molecule has 1 N–H and O–H groups in total. The first-order valence-corrected chi connectivity index (χ1v) is 10.0. The smallest absolute Gasteiger partial charge is 0.416 e. The average molecular weight is 449 g/mol. The minimum atomic E-state index is -4.43. The number of halogens is 3. The number of benzene rings is 2. The van der Waals surface area contributed by atoms with E-state index in [2.05, 4.69) is 5.32 Å². The Morgan fingerprint density at radius 3 is 2.56 bits per heavy atom. The number of fused-ring (bicyclic) bond motifs is 1. The van der Waals surface area contributed by atoms with E-state index in [9.17, 15) is 22.8 Å². The first kappa shape index (κ1) is 21.9. The van der Waals surface area contributed by atoms with Crippen LogP contribution in [-0.2, 0) is 22.2 Å². The second-order valence-corrected chi connectivity index (χ2v) is 7.89. The van der Waals surface area contributed by atoms with Crippen molar-refractivity contribution < 1.29 is 32.2 Å². The van der Waals surface area contributed by atoms with Crippen molar-refractivity contribution >= 4 is 17.5 Å². The summed E-state index contributed by atoms with van der Waals surface area (Å²) in [6.07, 6.45) is -3.82. The van der Waals surface area contributed by atoms with Gasteiger partial charge in [0.25, 0.3) is 0 Å². The van der Waals surface area contributed by atoms with Crippen LogP contribution in [-0.4, -0.2) is 61.4 Å². The lowest BCUT2D eigenvalue weighted by molar-refractivity contribution is -0.142. The summed E-state index contributed by atoms with van der Waals surface area (Å²) in [4.78, 5) is 28.2. The second kappa shape index (κ2) is 8.34. The molecule has 0 saturated carbocycles. The molecule has 2 aromatic rings. The zero-order valence-electron chi connectivity index (χ0n) is 17.5. The van der Waals surface area contributed by atoms with Crippen LogP contribution in [0.15, 0.2) is 36.4 Å². The Bertz CT molecular complexity index is 1040. The van der Waals surface area contributed by atoms with Crippen molar-refractivity contribution in [3.05, 3.63) is 47.5 Å². The van der Waals surface area contributed by atoms with Gasteiger partial charge in [0.15, 0.2) is 0 Å². The van der Waals surface area contributed by atoms with Crippen LogP contribution < -0.4 is 14.8 Å². The lowest BCUT2D eigenvalue weighted by Crippen LogP contribution is -2.57. The molecule has 1 saturated heterocycles. The number of nitrogens with zero attached hydrogens (tertiary/aromatic N) is 2. The Morgan fingerprint density at radius 1 is 1.16 bits per heavy atom. The highest BCUT2D eigenvalue weighted by Gasteiger charge is 2.34. The largest absolute Gasteiger partial charge is 0.491 e. The number of alkyl halides is 3. The molecule has 2 aliphatic rings. The highest BCUT2D eigenvalue weighted by Crippen LogP contribution is 2.39. The van der Waals surface area contributed by atoms with Gasteiger partial charge in [-0.3, -0.25) is 14.5 Å². The van der Waals surface area contributed by atoms with E-state index in [4.69, 9.17) is 9.47 Å². The number of hydrogen-bond acceptors (Lipinski definition) is 5. The number of amides is 2. The van der Waals surface area contributed by atoms with Crippen LogP contribution in [0.3, 0.4) is 0 Å². The van der Waals surface area contributed by atoms with Crippen LogP contribution in [0.4, 0.5) is 18.9 Å². The Morgan fingerprint density at radius 2 is 1.88 bits per heavy atom. The quantitative estimate of drug-likeness (QED) is 0.777. The molecule has 7 nitrogen and oxygen atoms in total. The molecule has 0 radical (unpaired) electrons. The van der Waals surface area contributed by atoms with Gasteiger partial charge in [-0.2, -0.15) is 13.2 Å². The summed E-state index contributed by atoms with van der Waals surface area (Å²) >= 11 is 0. The third-order valence-corrected chi connectivity index (χ3v) is 5.49. The normalized spacial score (nSPS) is 18.8. The molecule has 2 aromatic carbocycles. The Balaban J connectivity index is 1.56. The molecule has 0 aliphatic carbocycles. The Labute approximate surface area is 182 Å². The molecule has 0 spiro atoms. The van der Waals surface area contributed by atoms with Crippen molar-refractivity contribution in [3.63, 3.8) is 0 Å². The van der Waals surface area contributed by atoms with Gasteiger partial charge in [0.2, 0.25) is 11.8 Å². The number of carbonyl (C=O) groups is 2. The predicted octanol–water partition coefficient (Wildman–Crippen LogP) is 3.14. The molecule has 2 aliphatic heterocycles. The molecular formula is C22H22F3N3O4. The van der Waals surface area contributed by atoms with Gasteiger partial charge in [-0.05, 0) is 37.4 Å². The first-order valence-electron chi connectivity index (χ1n) is 10.0. The van der Waals surface area contributed by atoms with Crippen molar-refractivity contribution in [1.82, 2.24) is 9.80 Å². The van der Waals surface area contributed by atoms with Gasteiger partial charge in [0.05, 0.1) is 24.4 Å². The van der Waals surface area contributed by atoms with Crippen LogP contribution in [0.25, 0.3) is 0 Å². The molecule has 170 valence electrons. The molecule has 2 amide bonds. The topological polar surface area (TPSA) is 71.1 Å². The SMILES string of the molecule is CN1CC(=O)N(C)C(C(=O)Nc2cc(Oc3ccc(C(F)(F)F)cc3)cc3c2OCC3)C1. The highest BCUT2D eigenvalue weighted by atomic mass is 19.4. The number of likely N-dealkylation sites (N-methyl/N-ethyl adjacent to an activating group) is 2. The summed E-state index contributed by atoms with van der Waals surface area (Å²) in [7, 11) is 3.36. The monoisotopic (exact) mass is 449 g/mol. The lowest BCUT2D eigenvalue weighted by atomic mass is 10.1. The molecule has 10 heteroatoms. The molecule has 4 rings (SSSR count). The number of piperazine rings is 1. The summed E-state index contributed by atoms with van der Waals surface area (Å²) in [5.41, 5.74) is 0.437. The number of anilines is 1. The van der Waals surface area contributed by atoms with Crippen LogP contribution in [0.1, 0.15) is 11.1 Å². The molecule has 1 fully saturated rings. The fraction of sp³-hybridized carbons (Fsp3) is 0.364. The number of ether oxygens (including phenoxy) is 2. The van der Waals surface area contributed by atoms with Crippen LogP contribution in [0, 0.1) is 0 Å². The lowest BCUT2D eigenvalue weighted by Gasteiger charge is -2.36. The van der Waals surface area contributed by atoms with Gasteiger partial charge in [-0.25, -0.2) is 0 Å². The summed E-state index contributed by atoms with van der Waals surface area (Å²) in [6.45, 7) is 1.07. The zero-order chi connectivity index (χ0) is 23.0. The van der Waals surface area contributed by atoms with Gasteiger partial charge in [0.1, 0.15) is 23.3 Å². The van der Waals surface area contributed by atoms with E-state index in [1.807, 2.05) is 0 Å². The number of nitrogens with one attached hydrogen (secondary N) is 1. The van der Waals surface area contributed by atoms with Gasteiger partial charge in [0, 0.05) is 31.6 Å². The highest BCUT2D eigenvalue weighted by molar-refractivity contribution is 5.99. The molecular weight excluding hydrogens is 427 g/mol. The maximum atomic E-state index is 12.9. The zero-order valence-corrected chi connectivity index (χ0v) is 17.5. The standard InChI is InChI=1S/C22H22F3N3O4/c1-27-11-18(28(2)19(29)12-27)21(30)26-17-10-16(9-13-7-8-31-20(13)17)32-15-5-3-14(4-6-15)22(23,24)25/h3-6,9-10,18H,7-8,11-12H2,1-2H3,(H,26,30). The predicted molar refractivity (Wildman–Crippen MR) is 110 cm³/mol. The third kappa shape index (κ3) is 4.50. The summed E-state index contributed by atoms with van der Waals surface area (Å²) in [5.74, 6) is 0.593. The molecule has 0 aromatic heterocycles. The minimum Gasteiger partial charge on any atom is -0.491 e. The molecule has 2 heterocycles. The molecule has 0 bridgehead atoms. The Hall–Kier alpha value is -3.27. The second-order valence-electron chi connectivity index (χ2n) is 7.89. The fourth-order valence-electron chi connectivity index (χ4n) is 3.75. The van der Waals surface area contributed by atoms with E-state index < -0.39 is 17.8 Å². The first-order chi connectivity index (χ1) is 15.1. The van der Waals surface area contributed by atoms with Crippen molar-refractivity contribution in [2.45, 2.75) is 18.6 Å². The van der Waals surface area contributed by atoms with Gasteiger partial charge < -0.3 is 19.7 Å². The van der Waals surface area contributed by atoms with Crippen LogP contribution in [0.2, 0.25) is 0 Å². The molecule has 32 heavy (non-hydrogen) atoms. The van der Waals surface area contributed by atoms with E-state index in [0.717, 1.165) is 17.7 Å². The van der Waals surface area contributed by atoms with Crippen molar-refractivity contribution in [3.8, 4) is 17.2 Å². The number of hydrogen-bond donors (Lipinski definition) is 1. The average Bonchev–Trinajstić information content (AvgIpc) is 3.19. The van der Waals surface area contributed by atoms with Gasteiger partial charge in [-0.1, -0.05) is 0 Å². The van der Waals surface area contributed by atoms with Crippen LogP contribution >= 0.6 is 0 Å². The van der Waals surface area contributed by atoms with E-state index in [1.54, 1.807) is 31.1 Å². The molecule has 1 atom stereocenters. The fourth-order valence-corrected chi connectivity index (χ4v) is 3.75. The van der Waals surface area contributed by atoms with E-state index in [-0.39, 0.29) is 24.1 Å². The summed E-state index contributed by atoms with van der Waals surface area (Å²) in [5, 5.41) is 2.83. The minimum absolute atomic E-state index is 0.153. The van der Waals surface area contributed by atoms with Crippen molar-refractivity contribution in [1.29, 1.82) is 0 Å². The van der Waals surface area contributed by atoms with Crippen LogP contribution in [0.5, 0.6) is 17.2 Å². The number of rotatable bonds is 4. The van der Waals surface area contributed by atoms with Crippen molar-refractivity contribution in [2.24, 2.45) is 0 Å². The number of carbonyl (C=O) groups excluding carboxylic acids is 2. The van der Waals surface area contributed by atoms with Gasteiger partial charge in [-0.15, -0.1) is 0 Å². The summed E-state index contributed by atoms with van der Waals surface area (Å²) < 4.78 is 49.7. The third-order valence-electron chi connectivity index (χ3n) is 5.49. The van der Waals surface area contributed by atoms with E-state index in [1.165, 1.54) is 17.0 Å². The van der Waals surface area contributed by atoms with E-state index >= 15 is 0 Å². The maximum absolute atomic E-state index is 12.9. The van der Waals surface area contributed by atoms with Gasteiger partial charge >= 0.3 is 6.18 Å². The Kier molecular flexibility index (Phi) is 5.72. The maximum Gasteiger partial charge on any atom is 0.416 e. The summed E-state index contributed by atoms with van der Waals surface area (Å²) in [6, 6.07) is 7.00. The van der Waals surface area contributed by atoms with Crippen molar-refractivity contribution in [2.75, 3.05) is 39.1 Å². The molecule has 1 unspecified atom stereocenters. The van der Waals surface area contributed by atoms with E-state index in [0.29, 0.717) is 36.8 Å².